The van der Waals surface area contributed by atoms with E-state index in [0.717, 1.165) is 5.56 Å². The molecule has 2 aromatic rings. The third kappa shape index (κ3) is 2.82. The Labute approximate surface area is 158 Å². The van der Waals surface area contributed by atoms with Gasteiger partial charge in [0.25, 0.3) is 10.0 Å². The monoisotopic (exact) mass is 384 g/mol. The number of hydrogen-bond acceptors (Lipinski definition) is 5. The van der Waals surface area contributed by atoms with E-state index in [-0.39, 0.29) is 10.9 Å². The fourth-order valence-corrected chi connectivity index (χ4v) is 5.21. The van der Waals surface area contributed by atoms with Crippen molar-refractivity contribution in [3.05, 3.63) is 65.7 Å². The van der Waals surface area contributed by atoms with Gasteiger partial charge in [-0.05, 0) is 30.5 Å². The molecule has 0 radical (unpaired) electrons. The van der Waals surface area contributed by atoms with Gasteiger partial charge in [-0.25, -0.2) is 0 Å². The summed E-state index contributed by atoms with van der Waals surface area (Å²) in [4.78, 5) is 14.8. The van der Waals surface area contributed by atoms with E-state index < -0.39 is 15.4 Å². The smallest absolute Gasteiger partial charge is 0.316 e. The zero-order valence-electron chi connectivity index (χ0n) is 15.0. The molecule has 4 rings (SSSR count). The molecule has 2 aromatic carbocycles. The minimum Gasteiger partial charge on any atom is -0.468 e. The molecule has 1 saturated heterocycles. The summed E-state index contributed by atoms with van der Waals surface area (Å²) < 4.78 is 33.8. The van der Waals surface area contributed by atoms with Gasteiger partial charge in [0, 0.05) is 18.7 Å². The van der Waals surface area contributed by atoms with Gasteiger partial charge in [-0.2, -0.15) is 8.42 Å². The lowest BCUT2D eigenvalue weighted by molar-refractivity contribution is -0.149. The topological polar surface area (TPSA) is 76.0 Å². The summed E-state index contributed by atoms with van der Waals surface area (Å²) in [6.07, 6.45) is 1.07. The molecule has 27 heavy (non-hydrogen) atoms. The van der Waals surface area contributed by atoms with Crippen molar-refractivity contribution in [2.24, 2.45) is 4.40 Å². The maximum Gasteiger partial charge on any atom is 0.316 e. The van der Waals surface area contributed by atoms with Gasteiger partial charge < -0.3 is 9.64 Å². The number of piperidine rings is 1. The van der Waals surface area contributed by atoms with Crippen molar-refractivity contribution in [3.8, 4) is 0 Å². The molecular formula is C20H20N2O4S. The third-order valence-electron chi connectivity index (χ3n) is 5.43. The van der Waals surface area contributed by atoms with Crippen LogP contribution in [0.5, 0.6) is 0 Å². The Bertz CT molecular complexity index is 1010. The molecule has 0 N–H and O–H groups in total. The van der Waals surface area contributed by atoms with Gasteiger partial charge >= 0.3 is 5.97 Å². The van der Waals surface area contributed by atoms with Crippen LogP contribution in [0.3, 0.4) is 0 Å². The lowest BCUT2D eigenvalue weighted by Gasteiger charge is -2.40. The largest absolute Gasteiger partial charge is 0.468 e. The van der Waals surface area contributed by atoms with Crippen LogP contribution in [0.1, 0.15) is 24.0 Å². The normalized spacial score (nSPS) is 19.9. The Morgan fingerprint density at radius 2 is 1.67 bits per heavy atom. The minimum absolute atomic E-state index is 0.243. The van der Waals surface area contributed by atoms with Crippen molar-refractivity contribution >= 4 is 21.8 Å². The number of likely N-dealkylation sites (tertiary alicyclic amines) is 1. The number of benzene rings is 2. The number of hydrogen-bond donors (Lipinski definition) is 0. The molecule has 0 spiro atoms. The highest BCUT2D eigenvalue weighted by molar-refractivity contribution is 7.90. The Hall–Kier alpha value is -2.67. The molecule has 7 heteroatoms. The van der Waals surface area contributed by atoms with Crippen LogP contribution in [0.15, 0.2) is 63.9 Å². The van der Waals surface area contributed by atoms with E-state index in [0.29, 0.717) is 37.3 Å². The molecule has 140 valence electrons. The predicted octanol–water partition coefficient (Wildman–Crippen LogP) is 2.34. The second-order valence-electron chi connectivity index (χ2n) is 6.81. The lowest BCUT2D eigenvalue weighted by atomic mass is 9.72. The summed E-state index contributed by atoms with van der Waals surface area (Å²) in [6.45, 7) is 1.04. The molecule has 2 aliphatic rings. The first-order chi connectivity index (χ1) is 13.0. The first kappa shape index (κ1) is 17.7. The number of amidine groups is 1. The first-order valence-electron chi connectivity index (χ1n) is 8.81. The van der Waals surface area contributed by atoms with Gasteiger partial charge in [-0.1, -0.05) is 42.5 Å². The maximum atomic E-state index is 12.7. The fourth-order valence-electron chi connectivity index (χ4n) is 3.98. The van der Waals surface area contributed by atoms with Crippen LogP contribution in [-0.4, -0.2) is 45.3 Å². The summed E-state index contributed by atoms with van der Waals surface area (Å²) >= 11 is 0. The molecule has 0 aromatic heterocycles. The average molecular weight is 384 g/mol. The zero-order chi connectivity index (χ0) is 19.1. The van der Waals surface area contributed by atoms with Crippen LogP contribution in [0.2, 0.25) is 0 Å². The Morgan fingerprint density at radius 1 is 1.04 bits per heavy atom. The Kier molecular flexibility index (Phi) is 4.26. The van der Waals surface area contributed by atoms with Gasteiger partial charge in [0.15, 0.2) is 5.84 Å². The van der Waals surface area contributed by atoms with E-state index in [9.17, 15) is 13.2 Å². The SMILES string of the molecule is COC(=O)C1(c2ccccc2)CCN(C2=NS(=O)(=O)c3ccccc32)CC1. The molecule has 0 unspecified atom stereocenters. The number of methoxy groups -OCH3 is 1. The molecule has 1 fully saturated rings. The van der Waals surface area contributed by atoms with Gasteiger partial charge in [-0.15, -0.1) is 4.40 Å². The first-order valence-corrected chi connectivity index (χ1v) is 10.3. The van der Waals surface area contributed by atoms with Crippen molar-refractivity contribution in [3.63, 3.8) is 0 Å². The summed E-state index contributed by atoms with van der Waals surface area (Å²) in [5, 5.41) is 0. The molecule has 0 saturated carbocycles. The standard InChI is InChI=1S/C20H20N2O4S/c1-26-19(23)20(15-7-3-2-4-8-15)11-13-22(14-12-20)18-16-9-5-6-10-17(16)27(24,25)21-18/h2-10H,11-14H2,1H3. The van der Waals surface area contributed by atoms with Gasteiger partial charge in [0.2, 0.25) is 0 Å². The predicted molar refractivity (Wildman–Crippen MR) is 101 cm³/mol. The molecule has 6 nitrogen and oxygen atoms in total. The van der Waals surface area contributed by atoms with Crippen molar-refractivity contribution in [2.45, 2.75) is 23.2 Å². The van der Waals surface area contributed by atoms with E-state index in [4.69, 9.17) is 4.74 Å². The van der Waals surface area contributed by atoms with Crippen LogP contribution in [0, 0.1) is 0 Å². The molecule has 0 atom stereocenters. The highest BCUT2D eigenvalue weighted by Gasteiger charge is 2.45. The molecule has 0 bridgehead atoms. The minimum atomic E-state index is -3.65. The van der Waals surface area contributed by atoms with Crippen molar-refractivity contribution in [1.29, 1.82) is 0 Å². The quantitative estimate of drug-likeness (QED) is 0.743. The number of esters is 1. The van der Waals surface area contributed by atoms with E-state index in [1.165, 1.54) is 7.11 Å². The lowest BCUT2D eigenvalue weighted by Crippen LogP contribution is -2.49. The zero-order valence-corrected chi connectivity index (χ0v) is 15.8. The molecule has 2 heterocycles. The van der Waals surface area contributed by atoms with Crippen molar-refractivity contribution in [2.75, 3.05) is 20.2 Å². The van der Waals surface area contributed by atoms with Crippen LogP contribution >= 0.6 is 0 Å². The van der Waals surface area contributed by atoms with E-state index in [2.05, 4.69) is 4.40 Å². The van der Waals surface area contributed by atoms with E-state index in [1.807, 2.05) is 41.3 Å². The summed E-state index contributed by atoms with van der Waals surface area (Å²) in [5.41, 5.74) is 0.838. The second kappa shape index (κ2) is 6.49. The third-order valence-corrected chi connectivity index (χ3v) is 6.76. The molecule has 0 amide bonds. The number of fused-ring (bicyclic) bond motifs is 1. The molecule has 2 aliphatic heterocycles. The van der Waals surface area contributed by atoms with Gasteiger partial charge in [0.05, 0.1) is 12.5 Å². The molecular weight excluding hydrogens is 364 g/mol. The number of rotatable bonds is 2. The maximum absolute atomic E-state index is 12.7. The fraction of sp³-hybridized carbons (Fsp3) is 0.300. The van der Waals surface area contributed by atoms with Crippen molar-refractivity contribution in [1.82, 2.24) is 4.90 Å². The average Bonchev–Trinajstić information content (AvgIpc) is 2.99. The number of sulfonamides is 1. The van der Waals surface area contributed by atoms with Crippen LogP contribution in [0.25, 0.3) is 0 Å². The van der Waals surface area contributed by atoms with Crippen molar-refractivity contribution < 1.29 is 17.9 Å². The van der Waals surface area contributed by atoms with Gasteiger partial charge in [0.1, 0.15) is 4.90 Å². The number of carbonyl (C=O) groups is 1. The number of ether oxygens (including phenoxy) is 1. The number of carbonyl (C=O) groups excluding carboxylic acids is 1. The van der Waals surface area contributed by atoms with Crippen LogP contribution in [0.4, 0.5) is 0 Å². The van der Waals surface area contributed by atoms with Crippen LogP contribution < -0.4 is 0 Å². The summed E-state index contributed by atoms with van der Waals surface area (Å²) in [7, 11) is -2.25. The van der Waals surface area contributed by atoms with E-state index in [1.54, 1.807) is 18.2 Å². The van der Waals surface area contributed by atoms with Crippen LogP contribution in [-0.2, 0) is 25.0 Å². The molecule has 0 aliphatic carbocycles. The summed E-state index contributed by atoms with van der Waals surface area (Å²) in [6, 6.07) is 16.5. The number of nitrogens with zero attached hydrogens (tertiary/aromatic N) is 2. The summed E-state index contributed by atoms with van der Waals surface area (Å²) in [5.74, 6) is 0.215. The highest BCUT2D eigenvalue weighted by Crippen LogP contribution is 2.38. The second-order valence-corrected chi connectivity index (χ2v) is 8.39. The highest BCUT2D eigenvalue weighted by atomic mass is 32.2. The van der Waals surface area contributed by atoms with E-state index >= 15 is 0 Å². The Morgan fingerprint density at radius 3 is 2.33 bits per heavy atom. The Balaban J connectivity index is 1.65. The van der Waals surface area contributed by atoms with Gasteiger partial charge in [-0.3, -0.25) is 4.79 Å².